The highest BCUT2D eigenvalue weighted by molar-refractivity contribution is 7.26. The molecule has 0 saturated carbocycles. The smallest absolute Gasteiger partial charge is 0.137 e. The molecular formula is C50H30N2OS. The van der Waals surface area contributed by atoms with Gasteiger partial charge in [0.05, 0.1) is 32.5 Å². The van der Waals surface area contributed by atoms with Crippen molar-refractivity contribution in [2.24, 2.45) is 0 Å². The molecule has 3 nitrogen and oxygen atoms in total. The van der Waals surface area contributed by atoms with Crippen molar-refractivity contribution in [3.05, 3.63) is 182 Å². The fraction of sp³-hybridized carbons (Fsp3) is 0. The van der Waals surface area contributed by atoms with Crippen LogP contribution in [0.1, 0.15) is 0 Å². The van der Waals surface area contributed by atoms with Crippen molar-refractivity contribution in [2.75, 3.05) is 4.90 Å². The molecule has 3 heterocycles. The summed E-state index contributed by atoms with van der Waals surface area (Å²) >= 11 is 1.87. The van der Waals surface area contributed by atoms with Crippen molar-refractivity contribution in [2.45, 2.75) is 0 Å². The predicted molar refractivity (Wildman–Crippen MR) is 231 cm³/mol. The van der Waals surface area contributed by atoms with Gasteiger partial charge in [0.25, 0.3) is 0 Å². The van der Waals surface area contributed by atoms with E-state index in [0.29, 0.717) is 0 Å². The van der Waals surface area contributed by atoms with Gasteiger partial charge in [-0.25, -0.2) is 0 Å². The van der Waals surface area contributed by atoms with Crippen LogP contribution in [0, 0.1) is 0 Å². The molecule has 0 N–H and O–H groups in total. The molecule has 4 heteroatoms. The second-order valence-electron chi connectivity index (χ2n) is 14.1. The molecule has 0 fully saturated rings. The summed E-state index contributed by atoms with van der Waals surface area (Å²) < 4.78 is 11.4. The van der Waals surface area contributed by atoms with Crippen LogP contribution in [-0.2, 0) is 0 Å². The molecule has 0 amide bonds. The maximum absolute atomic E-state index is 6.50. The Labute approximate surface area is 314 Å². The molecule has 9 aromatic carbocycles. The van der Waals surface area contributed by atoms with Crippen molar-refractivity contribution < 1.29 is 4.42 Å². The van der Waals surface area contributed by atoms with Gasteiger partial charge in [-0.05, 0) is 94.3 Å². The van der Waals surface area contributed by atoms with E-state index in [9.17, 15) is 0 Å². The first-order valence-corrected chi connectivity index (χ1v) is 19.2. The van der Waals surface area contributed by atoms with Crippen LogP contribution in [0.4, 0.5) is 17.1 Å². The van der Waals surface area contributed by atoms with Crippen molar-refractivity contribution in [1.29, 1.82) is 0 Å². The third kappa shape index (κ3) is 4.23. The molecule has 0 unspecified atom stereocenters. The van der Waals surface area contributed by atoms with Crippen molar-refractivity contribution >= 4 is 114 Å². The number of benzene rings is 9. The molecule has 0 radical (unpaired) electrons. The minimum Gasteiger partial charge on any atom is -0.456 e. The summed E-state index contributed by atoms with van der Waals surface area (Å²) in [6.45, 7) is 0. The average Bonchev–Trinajstić information content (AvgIpc) is 3.90. The molecule has 0 atom stereocenters. The fourth-order valence-corrected chi connectivity index (χ4v) is 10.0. The molecule has 12 rings (SSSR count). The number of hydrogen-bond acceptors (Lipinski definition) is 3. The van der Waals surface area contributed by atoms with E-state index in [-0.39, 0.29) is 0 Å². The number of rotatable bonds is 4. The van der Waals surface area contributed by atoms with Crippen LogP contribution in [-0.4, -0.2) is 4.57 Å². The second-order valence-corrected chi connectivity index (χ2v) is 15.1. The molecule has 3 aromatic heterocycles. The lowest BCUT2D eigenvalue weighted by Crippen LogP contribution is -2.10. The van der Waals surface area contributed by atoms with E-state index in [4.69, 9.17) is 4.42 Å². The van der Waals surface area contributed by atoms with Gasteiger partial charge in [-0.2, -0.15) is 0 Å². The van der Waals surface area contributed by atoms with Gasteiger partial charge in [0, 0.05) is 43.0 Å². The van der Waals surface area contributed by atoms with E-state index in [2.05, 4.69) is 185 Å². The van der Waals surface area contributed by atoms with Gasteiger partial charge in [-0.15, -0.1) is 11.3 Å². The summed E-state index contributed by atoms with van der Waals surface area (Å²) in [5.41, 5.74) is 8.61. The number of fused-ring (bicyclic) bond motifs is 12. The first-order chi connectivity index (χ1) is 26.8. The Morgan fingerprint density at radius 2 is 1.11 bits per heavy atom. The van der Waals surface area contributed by atoms with E-state index < -0.39 is 0 Å². The Bertz CT molecular complexity index is 3460. The molecule has 0 saturated heterocycles. The van der Waals surface area contributed by atoms with Crippen molar-refractivity contribution in [1.82, 2.24) is 4.57 Å². The summed E-state index contributed by atoms with van der Waals surface area (Å²) in [5, 5.41) is 12.2. The standard InChI is InChI=1S/C50H30N2OS/c1-2-15-34(16-3-1)51-41-27-25-35(30-40(41)48-36-17-7-6-12-31(36)24-26-43(48)51)52(42-20-11-23-46-49(42)38-18-8-9-22-45(38)53-46)44-21-10-19-37-39-28-32-13-4-5-14-33(32)29-47(39)54-50(37)44/h1-30H. The number of furan rings is 1. The molecule has 0 aliphatic rings. The molecular weight excluding hydrogens is 677 g/mol. The summed E-state index contributed by atoms with van der Waals surface area (Å²) in [5.74, 6) is 0. The van der Waals surface area contributed by atoms with E-state index in [1.807, 2.05) is 17.4 Å². The number of hydrogen-bond donors (Lipinski definition) is 0. The topological polar surface area (TPSA) is 21.3 Å². The van der Waals surface area contributed by atoms with Gasteiger partial charge in [-0.3, -0.25) is 0 Å². The first kappa shape index (κ1) is 29.7. The van der Waals surface area contributed by atoms with Crippen LogP contribution in [0.25, 0.3) is 91.1 Å². The molecule has 0 aliphatic carbocycles. The van der Waals surface area contributed by atoms with E-state index in [1.165, 1.54) is 63.5 Å². The van der Waals surface area contributed by atoms with Crippen LogP contribution in [0.15, 0.2) is 186 Å². The van der Waals surface area contributed by atoms with Gasteiger partial charge in [0.2, 0.25) is 0 Å². The highest BCUT2D eigenvalue weighted by atomic mass is 32.1. The molecule has 12 aromatic rings. The largest absolute Gasteiger partial charge is 0.456 e. The van der Waals surface area contributed by atoms with Crippen LogP contribution >= 0.6 is 11.3 Å². The van der Waals surface area contributed by atoms with Gasteiger partial charge in [-0.1, -0.05) is 109 Å². The number of para-hydroxylation sites is 2. The quantitative estimate of drug-likeness (QED) is 0.182. The van der Waals surface area contributed by atoms with Gasteiger partial charge >= 0.3 is 0 Å². The fourth-order valence-electron chi connectivity index (χ4n) is 8.77. The highest BCUT2D eigenvalue weighted by Gasteiger charge is 2.24. The molecule has 0 spiro atoms. The maximum Gasteiger partial charge on any atom is 0.137 e. The Hall–Kier alpha value is -6.88. The summed E-state index contributed by atoms with van der Waals surface area (Å²) in [7, 11) is 0. The SMILES string of the molecule is c1ccc(-n2c3ccc(N(c4cccc5c4sc4cc6ccccc6cc45)c4cccc5oc6ccccc6c45)cc3c3c4ccccc4ccc32)cc1. The van der Waals surface area contributed by atoms with Crippen LogP contribution < -0.4 is 4.90 Å². The third-order valence-electron chi connectivity index (χ3n) is 11.1. The zero-order chi connectivity index (χ0) is 35.3. The number of nitrogens with zero attached hydrogens (tertiary/aromatic N) is 2. The summed E-state index contributed by atoms with van der Waals surface area (Å²) in [6.07, 6.45) is 0. The summed E-state index contributed by atoms with van der Waals surface area (Å²) in [4.78, 5) is 2.47. The van der Waals surface area contributed by atoms with Gasteiger partial charge < -0.3 is 13.9 Å². The zero-order valence-electron chi connectivity index (χ0n) is 29.0. The van der Waals surface area contributed by atoms with Crippen molar-refractivity contribution in [3.8, 4) is 5.69 Å². The van der Waals surface area contributed by atoms with Gasteiger partial charge in [0.15, 0.2) is 0 Å². The lowest BCUT2D eigenvalue weighted by molar-refractivity contribution is 0.669. The van der Waals surface area contributed by atoms with E-state index >= 15 is 0 Å². The molecule has 252 valence electrons. The average molecular weight is 707 g/mol. The van der Waals surface area contributed by atoms with Gasteiger partial charge in [0.1, 0.15) is 11.2 Å². The van der Waals surface area contributed by atoms with Crippen molar-refractivity contribution in [3.63, 3.8) is 0 Å². The maximum atomic E-state index is 6.50. The van der Waals surface area contributed by atoms with Crippen LogP contribution in [0.3, 0.4) is 0 Å². The Balaban J connectivity index is 1.21. The van der Waals surface area contributed by atoms with E-state index in [0.717, 1.165) is 44.7 Å². The second kappa shape index (κ2) is 11.3. The monoisotopic (exact) mass is 706 g/mol. The first-order valence-electron chi connectivity index (χ1n) is 18.3. The normalized spacial score (nSPS) is 12.1. The van der Waals surface area contributed by atoms with E-state index in [1.54, 1.807) is 0 Å². The summed E-state index contributed by atoms with van der Waals surface area (Å²) in [6, 6.07) is 66.0. The van der Waals surface area contributed by atoms with Crippen LogP contribution in [0.5, 0.6) is 0 Å². The zero-order valence-corrected chi connectivity index (χ0v) is 29.8. The molecule has 54 heavy (non-hydrogen) atoms. The van der Waals surface area contributed by atoms with Crippen LogP contribution in [0.2, 0.25) is 0 Å². The Kier molecular flexibility index (Phi) is 6.21. The Morgan fingerprint density at radius 3 is 2.00 bits per heavy atom. The number of anilines is 3. The highest BCUT2D eigenvalue weighted by Crippen LogP contribution is 2.49. The Morgan fingerprint density at radius 1 is 0.426 bits per heavy atom. The lowest BCUT2D eigenvalue weighted by Gasteiger charge is -2.27. The number of thiophene rings is 1. The predicted octanol–water partition coefficient (Wildman–Crippen LogP) is 14.8. The minimum atomic E-state index is 0.876. The molecule has 0 bridgehead atoms. The minimum absolute atomic E-state index is 0.876. The third-order valence-corrected chi connectivity index (χ3v) is 12.3. The molecule has 0 aliphatic heterocycles. The lowest BCUT2D eigenvalue weighted by atomic mass is 10.0. The number of aromatic nitrogens is 1.